The SMILES string of the molecule is NC(=O)OC1CC(Oc2ccc(C3(c4ccc(O)cc4)COC3)cc2)C1. The fourth-order valence-corrected chi connectivity index (χ4v) is 3.51. The van der Waals surface area contributed by atoms with Crippen molar-refractivity contribution in [2.24, 2.45) is 5.73 Å². The normalized spacial score (nSPS) is 23.4. The minimum atomic E-state index is -0.736. The van der Waals surface area contributed by atoms with E-state index in [1.165, 1.54) is 0 Å². The van der Waals surface area contributed by atoms with E-state index in [4.69, 9.17) is 19.9 Å². The molecule has 26 heavy (non-hydrogen) atoms. The van der Waals surface area contributed by atoms with Crippen molar-refractivity contribution in [2.75, 3.05) is 13.2 Å². The molecule has 1 aliphatic carbocycles. The smallest absolute Gasteiger partial charge is 0.404 e. The van der Waals surface area contributed by atoms with Crippen LogP contribution in [0.2, 0.25) is 0 Å². The van der Waals surface area contributed by atoms with Crippen LogP contribution < -0.4 is 10.5 Å². The molecule has 4 rings (SSSR count). The van der Waals surface area contributed by atoms with E-state index in [0.717, 1.165) is 16.9 Å². The fraction of sp³-hybridized carbons (Fsp3) is 0.350. The zero-order chi connectivity index (χ0) is 18.1. The Hall–Kier alpha value is -2.73. The van der Waals surface area contributed by atoms with Crippen molar-refractivity contribution in [3.05, 3.63) is 59.7 Å². The second-order valence-electron chi connectivity index (χ2n) is 6.92. The van der Waals surface area contributed by atoms with Crippen molar-refractivity contribution in [1.82, 2.24) is 0 Å². The number of hydrogen-bond donors (Lipinski definition) is 2. The predicted octanol–water partition coefficient (Wildman–Crippen LogP) is 2.71. The lowest BCUT2D eigenvalue weighted by Gasteiger charge is -2.42. The van der Waals surface area contributed by atoms with E-state index in [1.54, 1.807) is 12.1 Å². The largest absolute Gasteiger partial charge is 0.508 e. The van der Waals surface area contributed by atoms with Gasteiger partial charge >= 0.3 is 6.09 Å². The molecule has 3 N–H and O–H groups in total. The summed E-state index contributed by atoms with van der Waals surface area (Å²) in [5.41, 5.74) is 7.11. The van der Waals surface area contributed by atoms with E-state index in [1.807, 2.05) is 24.3 Å². The highest BCUT2D eigenvalue weighted by Gasteiger charge is 2.42. The highest BCUT2D eigenvalue weighted by Crippen LogP contribution is 2.40. The van der Waals surface area contributed by atoms with Gasteiger partial charge in [0.1, 0.15) is 23.7 Å². The van der Waals surface area contributed by atoms with Crippen LogP contribution in [0.25, 0.3) is 0 Å². The number of carbonyl (C=O) groups is 1. The molecule has 136 valence electrons. The van der Waals surface area contributed by atoms with Gasteiger partial charge in [-0.15, -0.1) is 0 Å². The van der Waals surface area contributed by atoms with Gasteiger partial charge in [0.2, 0.25) is 0 Å². The Morgan fingerprint density at radius 1 is 1.00 bits per heavy atom. The molecule has 6 nitrogen and oxygen atoms in total. The molecule has 2 aromatic rings. The number of amides is 1. The summed E-state index contributed by atoms with van der Waals surface area (Å²) < 4.78 is 16.3. The molecule has 2 aromatic carbocycles. The third-order valence-electron chi connectivity index (χ3n) is 5.16. The monoisotopic (exact) mass is 355 g/mol. The van der Waals surface area contributed by atoms with Crippen molar-refractivity contribution in [3.8, 4) is 11.5 Å². The van der Waals surface area contributed by atoms with Crippen LogP contribution in [-0.2, 0) is 14.9 Å². The number of aromatic hydroxyl groups is 1. The Kier molecular flexibility index (Phi) is 4.20. The number of phenolic OH excluding ortho intramolecular Hbond substituents is 1. The van der Waals surface area contributed by atoms with Crippen LogP contribution in [-0.4, -0.2) is 36.6 Å². The highest BCUT2D eigenvalue weighted by molar-refractivity contribution is 5.64. The first-order valence-corrected chi connectivity index (χ1v) is 8.66. The van der Waals surface area contributed by atoms with E-state index in [0.29, 0.717) is 26.1 Å². The first-order chi connectivity index (χ1) is 12.5. The summed E-state index contributed by atoms with van der Waals surface area (Å²) in [4.78, 5) is 10.7. The topological polar surface area (TPSA) is 91.0 Å². The lowest BCUT2D eigenvalue weighted by atomic mass is 9.73. The average Bonchev–Trinajstić information content (AvgIpc) is 2.54. The molecule has 2 fully saturated rings. The standard InChI is InChI=1S/C20H21NO5/c21-19(23)26-18-9-17(10-18)25-16-7-3-14(4-8-16)20(11-24-12-20)13-1-5-15(22)6-2-13/h1-8,17-18,22H,9-12H2,(H2,21,23). The number of rotatable bonds is 5. The second kappa shape index (κ2) is 6.53. The molecule has 6 heteroatoms. The summed E-state index contributed by atoms with van der Waals surface area (Å²) in [6.45, 7) is 1.24. The van der Waals surface area contributed by atoms with Crippen molar-refractivity contribution in [1.29, 1.82) is 0 Å². The first-order valence-electron chi connectivity index (χ1n) is 8.66. The van der Waals surface area contributed by atoms with Crippen LogP contribution in [0.5, 0.6) is 11.5 Å². The molecular weight excluding hydrogens is 334 g/mol. The molecule has 0 unspecified atom stereocenters. The number of phenols is 1. The van der Waals surface area contributed by atoms with Gasteiger partial charge in [0.15, 0.2) is 0 Å². The van der Waals surface area contributed by atoms with Crippen molar-refractivity contribution >= 4 is 6.09 Å². The Morgan fingerprint density at radius 3 is 2.08 bits per heavy atom. The molecule has 1 saturated carbocycles. The molecule has 0 bridgehead atoms. The summed E-state index contributed by atoms with van der Waals surface area (Å²) in [5.74, 6) is 1.05. The average molecular weight is 355 g/mol. The van der Waals surface area contributed by atoms with Gasteiger partial charge in [-0.1, -0.05) is 24.3 Å². The number of benzene rings is 2. The minimum Gasteiger partial charge on any atom is -0.508 e. The van der Waals surface area contributed by atoms with E-state index in [-0.39, 0.29) is 23.4 Å². The van der Waals surface area contributed by atoms with E-state index in [2.05, 4.69) is 12.1 Å². The van der Waals surface area contributed by atoms with E-state index < -0.39 is 6.09 Å². The van der Waals surface area contributed by atoms with Gasteiger partial charge in [-0.3, -0.25) is 0 Å². The molecule has 1 heterocycles. The van der Waals surface area contributed by atoms with Crippen LogP contribution in [0.3, 0.4) is 0 Å². The van der Waals surface area contributed by atoms with Crippen molar-refractivity contribution < 1.29 is 24.1 Å². The zero-order valence-corrected chi connectivity index (χ0v) is 14.3. The highest BCUT2D eigenvalue weighted by atomic mass is 16.6. The number of nitrogens with two attached hydrogens (primary N) is 1. The Bertz CT molecular complexity index is 777. The van der Waals surface area contributed by atoms with E-state index in [9.17, 15) is 9.90 Å². The van der Waals surface area contributed by atoms with E-state index >= 15 is 0 Å². The first kappa shape index (κ1) is 16.7. The molecule has 2 aliphatic rings. The maximum Gasteiger partial charge on any atom is 0.404 e. The molecule has 1 saturated heterocycles. The second-order valence-corrected chi connectivity index (χ2v) is 6.92. The van der Waals surface area contributed by atoms with Gasteiger partial charge in [0.05, 0.1) is 18.6 Å². The van der Waals surface area contributed by atoms with Crippen molar-refractivity contribution in [2.45, 2.75) is 30.5 Å². The van der Waals surface area contributed by atoms with Crippen LogP contribution in [0.15, 0.2) is 48.5 Å². The Morgan fingerprint density at radius 2 is 1.58 bits per heavy atom. The third-order valence-corrected chi connectivity index (χ3v) is 5.16. The minimum absolute atomic E-state index is 0.0447. The van der Waals surface area contributed by atoms with Gasteiger partial charge in [-0.2, -0.15) is 0 Å². The number of primary amides is 1. The molecule has 0 aromatic heterocycles. The van der Waals surface area contributed by atoms with Crippen LogP contribution in [0, 0.1) is 0 Å². The Balaban J connectivity index is 1.42. The zero-order valence-electron chi connectivity index (χ0n) is 14.3. The lowest BCUT2D eigenvalue weighted by molar-refractivity contribution is -0.0381. The maximum atomic E-state index is 10.7. The van der Waals surface area contributed by atoms with Gasteiger partial charge in [-0.25, -0.2) is 4.79 Å². The summed E-state index contributed by atoms with van der Waals surface area (Å²) in [5, 5.41) is 9.52. The summed E-state index contributed by atoms with van der Waals surface area (Å²) >= 11 is 0. The van der Waals surface area contributed by atoms with Crippen molar-refractivity contribution in [3.63, 3.8) is 0 Å². The molecule has 1 amide bonds. The summed E-state index contributed by atoms with van der Waals surface area (Å²) in [6, 6.07) is 15.3. The van der Waals surface area contributed by atoms with Gasteiger partial charge in [0.25, 0.3) is 0 Å². The van der Waals surface area contributed by atoms with Gasteiger partial charge in [0, 0.05) is 12.8 Å². The molecular formula is C20H21NO5. The summed E-state index contributed by atoms with van der Waals surface area (Å²) in [6.07, 6.45) is 0.497. The van der Waals surface area contributed by atoms with Crippen LogP contribution in [0.1, 0.15) is 24.0 Å². The number of hydrogen-bond acceptors (Lipinski definition) is 5. The molecule has 0 atom stereocenters. The molecule has 1 aliphatic heterocycles. The number of carbonyl (C=O) groups excluding carboxylic acids is 1. The Labute approximate surface area is 151 Å². The fourth-order valence-electron chi connectivity index (χ4n) is 3.51. The van der Waals surface area contributed by atoms with Crippen LogP contribution >= 0.6 is 0 Å². The van der Waals surface area contributed by atoms with Gasteiger partial charge < -0.3 is 25.1 Å². The number of ether oxygens (including phenoxy) is 3. The third kappa shape index (κ3) is 3.08. The molecule has 0 spiro atoms. The van der Waals surface area contributed by atoms with Gasteiger partial charge in [-0.05, 0) is 35.4 Å². The predicted molar refractivity (Wildman–Crippen MR) is 94.3 cm³/mol. The molecule has 0 radical (unpaired) electrons. The quantitative estimate of drug-likeness (QED) is 0.860. The maximum absolute atomic E-state index is 10.7. The van der Waals surface area contributed by atoms with Crippen LogP contribution in [0.4, 0.5) is 4.79 Å². The lowest BCUT2D eigenvalue weighted by Crippen LogP contribution is -2.47. The summed E-state index contributed by atoms with van der Waals surface area (Å²) in [7, 11) is 0.